The van der Waals surface area contributed by atoms with E-state index in [0.29, 0.717) is 5.69 Å². The molecular weight excluding hydrogens is 219 g/mol. The third-order valence-corrected chi connectivity index (χ3v) is 2.14. The molecule has 0 N–H and O–H groups in total. The molecule has 1 heterocycles. The van der Waals surface area contributed by atoms with E-state index in [1.807, 2.05) is 0 Å². The Kier molecular flexibility index (Phi) is 2.51. The smallest absolute Gasteiger partial charge is 0.280 e. The molecule has 2 aromatic rings. The van der Waals surface area contributed by atoms with Crippen molar-refractivity contribution < 1.29 is 4.39 Å². The van der Waals surface area contributed by atoms with Crippen LogP contribution in [0, 0.1) is 5.82 Å². The monoisotopic (exact) mass is 224 g/mol. The van der Waals surface area contributed by atoms with Crippen LogP contribution in [0.4, 0.5) is 4.39 Å². The molecule has 15 heavy (non-hydrogen) atoms. The Bertz CT molecular complexity index is 553. The maximum atomic E-state index is 12.9. The molecule has 5 heteroatoms. The zero-order valence-corrected chi connectivity index (χ0v) is 8.28. The first-order valence-corrected chi connectivity index (χ1v) is 4.55. The molecular formula is C10H6ClFN2O. The van der Waals surface area contributed by atoms with Gasteiger partial charge in [-0.25, -0.2) is 9.37 Å². The van der Waals surface area contributed by atoms with Crippen LogP contribution >= 0.6 is 11.6 Å². The van der Waals surface area contributed by atoms with Crippen molar-refractivity contribution >= 4 is 11.6 Å². The second-order valence-electron chi connectivity index (χ2n) is 2.87. The Balaban J connectivity index is 2.65. The number of nitrogens with zero attached hydrogens (tertiary/aromatic N) is 2. The number of hydrogen-bond donors (Lipinski definition) is 0. The SMILES string of the molecule is O=c1c(Cl)nccn1-c1cccc(F)c1. The van der Waals surface area contributed by atoms with E-state index in [1.54, 1.807) is 6.07 Å². The van der Waals surface area contributed by atoms with E-state index in [4.69, 9.17) is 11.6 Å². The Hall–Kier alpha value is -1.68. The first kappa shape index (κ1) is 9.86. The van der Waals surface area contributed by atoms with Crippen LogP contribution in [0.5, 0.6) is 0 Å². The van der Waals surface area contributed by atoms with Crippen molar-refractivity contribution in [2.24, 2.45) is 0 Å². The van der Waals surface area contributed by atoms with Crippen molar-refractivity contribution in [3.8, 4) is 5.69 Å². The third-order valence-electron chi connectivity index (χ3n) is 1.89. The summed E-state index contributed by atoms with van der Waals surface area (Å²) in [4.78, 5) is 15.2. The fraction of sp³-hybridized carbons (Fsp3) is 0. The van der Waals surface area contributed by atoms with Crippen molar-refractivity contribution in [3.05, 3.63) is 58.0 Å². The Labute approximate surface area is 89.8 Å². The van der Waals surface area contributed by atoms with E-state index < -0.39 is 11.4 Å². The van der Waals surface area contributed by atoms with Crippen molar-refractivity contribution in [3.63, 3.8) is 0 Å². The molecule has 1 aromatic carbocycles. The summed E-state index contributed by atoms with van der Waals surface area (Å²) in [7, 11) is 0. The highest BCUT2D eigenvalue weighted by atomic mass is 35.5. The highest BCUT2D eigenvalue weighted by Gasteiger charge is 2.04. The van der Waals surface area contributed by atoms with Crippen molar-refractivity contribution in [2.75, 3.05) is 0 Å². The number of halogens is 2. The lowest BCUT2D eigenvalue weighted by Crippen LogP contribution is -2.18. The topological polar surface area (TPSA) is 34.9 Å². The van der Waals surface area contributed by atoms with Crippen LogP contribution in [0.1, 0.15) is 0 Å². The molecule has 0 atom stereocenters. The highest BCUT2D eigenvalue weighted by Crippen LogP contribution is 2.07. The van der Waals surface area contributed by atoms with Gasteiger partial charge in [0.05, 0.1) is 5.69 Å². The lowest BCUT2D eigenvalue weighted by Gasteiger charge is -2.04. The van der Waals surface area contributed by atoms with Crippen LogP contribution in [0.2, 0.25) is 5.15 Å². The van der Waals surface area contributed by atoms with Gasteiger partial charge in [0.2, 0.25) is 0 Å². The number of aromatic nitrogens is 2. The molecule has 0 unspecified atom stereocenters. The van der Waals surface area contributed by atoms with Crippen LogP contribution in [0.3, 0.4) is 0 Å². The highest BCUT2D eigenvalue weighted by molar-refractivity contribution is 6.29. The maximum Gasteiger partial charge on any atom is 0.292 e. The van der Waals surface area contributed by atoms with E-state index >= 15 is 0 Å². The lowest BCUT2D eigenvalue weighted by molar-refractivity contribution is 0.626. The Morgan fingerprint density at radius 2 is 2.20 bits per heavy atom. The average molecular weight is 225 g/mol. The first-order valence-electron chi connectivity index (χ1n) is 4.17. The first-order chi connectivity index (χ1) is 7.18. The Morgan fingerprint density at radius 1 is 1.40 bits per heavy atom. The minimum absolute atomic E-state index is 0.137. The summed E-state index contributed by atoms with van der Waals surface area (Å²) in [6.07, 6.45) is 2.82. The normalized spacial score (nSPS) is 10.3. The summed E-state index contributed by atoms with van der Waals surface area (Å²) in [5, 5.41) is -0.137. The van der Waals surface area contributed by atoms with E-state index in [1.165, 1.54) is 35.2 Å². The molecule has 76 valence electrons. The summed E-state index contributed by atoms with van der Waals surface area (Å²) in [6.45, 7) is 0. The molecule has 0 aliphatic carbocycles. The van der Waals surface area contributed by atoms with Crippen LogP contribution in [0.25, 0.3) is 5.69 Å². The predicted molar refractivity (Wildman–Crippen MR) is 54.8 cm³/mol. The quantitative estimate of drug-likeness (QED) is 0.743. The van der Waals surface area contributed by atoms with E-state index in [2.05, 4.69) is 4.98 Å². The largest absolute Gasteiger partial charge is 0.292 e. The van der Waals surface area contributed by atoms with Gasteiger partial charge in [-0.15, -0.1) is 0 Å². The molecule has 1 aromatic heterocycles. The van der Waals surface area contributed by atoms with Gasteiger partial charge >= 0.3 is 0 Å². The molecule has 0 saturated heterocycles. The van der Waals surface area contributed by atoms with Gasteiger partial charge < -0.3 is 0 Å². The minimum atomic E-state index is -0.468. The second-order valence-corrected chi connectivity index (χ2v) is 3.23. The fourth-order valence-corrected chi connectivity index (χ4v) is 1.36. The summed E-state index contributed by atoms with van der Waals surface area (Å²) < 4.78 is 14.2. The number of rotatable bonds is 1. The third kappa shape index (κ3) is 1.89. The van der Waals surface area contributed by atoms with Gasteiger partial charge in [-0.3, -0.25) is 9.36 Å². The molecule has 0 saturated carbocycles. The summed E-state index contributed by atoms with van der Waals surface area (Å²) in [5.74, 6) is -0.410. The molecule has 0 fully saturated rings. The van der Waals surface area contributed by atoms with Crippen LogP contribution in [-0.4, -0.2) is 9.55 Å². The van der Waals surface area contributed by atoms with Gasteiger partial charge in [0.15, 0.2) is 5.15 Å². The van der Waals surface area contributed by atoms with Crippen molar-refractivity contribution in [1.82, 2.24) is 9.55 Å². The van der Waals surface area contributed by atoms with Crippen LogP contribution in [0.15, 0.2) is 41.5 Å². The second kappa shape index (κ2) is 3.82. The molecule has 0 aliphatic rings. The molecule has 0 radical (unpaired) electrons. The van der Waals surface area contributed by atoms with E-state index in [9.17, 15) is 9.18 Å². The van der Waals surface area contributed by atoms with Gasteiger partial charge in [0.1, 0.15) is 5.82 Å². The summed E-state index contributed by atoms with van der Waals surface area (Å²) in [6, 6.07) is 5.68. The van der Waals surface area contributed by atoms with Crippen molar-refractivity contribution in [1.29, 1.82) is 0 Å². The van der Waals surface area contributed by atoms with Gasteiger partial charge in [-0.05, 0) is 18.2 Å². The maximum absolute atomic E-state index is 12.9. The fourth-order valence-electron chi connectivity index (χ4n) is 1.22. The Morgan fingerprint density at radius 3 is 2.93 bits per heavy atom. The summed E-state index contributed by atoms with van der Waals surface area (Å²) >= 11 is 5.57. The summed E-state index contributed by atoms with van der Waals surface area (Å²) in [5.41, 5.74) is -0.0472. The van der Waals surface area contributed by atoms with Gasteiger partial charge in [-0.1, -0.05) is 17.7 Å². The predicted octanol–water partition coefficient (Wildman–Crippen LogP) is 2.02. The molecule has 0 aliphatic heterocycles. The number of benzene rings is 1. The lowest BCUT2D eigenvalue weighted by atomic mass is 10.3. The zero-order chi connectivity index (χ0) is 10.8. The van der Waals surface area contributed by atoms with Gasteiger partial charge in [-0.2, -0.15) is 0 Å². The standard InChI is InChI=1S/C10H6ClFN2O/c11-9-10(15)14(5-4-13-9)8-3-1-2-7(12)6-8/h1-6H. The van der Waals surface area contributed by atoms with Crippen LogP contribution < -0.4 is 5.56 Å². The van der Waals surface area contributed by atoms with Gasteiger partial charge in [0, 0.05) is 12.4 Å². The number of hydrogen-bond acceptors (Lipinski definition) is 2. The van der Waals surface area contributed by atoms with E-state index in [-0.39, 0.29) is 5.15 Å². The van der Waals surface area contributed by atoms with Gasteiger partial charge in [0.25, 0.3) is 5.56 Å². The molecule has 3 nitrogen and oxygen atoms in total. The molecule has 2 rings (SSSR count). The van der Waals surface area contributed by atoms with Crippen molar-refractivity contribution in [2.45, 2.75) is 0 Å². The average Bonchev–Trinajstić information content (AvgIpc) is 2.22. The zero-order valence-electron chi connectivity index (χ0n) is 7.52. The van der Waals surface area contributed by atoms with Crippen LogP contribution in [-0.2, 0) is 0 Å². The molecule has 0 bridgehead atoms. The van der Waals surface area contributed by atoms with E-state index in [0.717, 1.165) is 0 Å². The molecule has 0 amide bonds. The minimum Gasteiger partial charge on any atom is -0.280 e. The molecule has 0 spiro atoms.